The summed E-state index contributed by atoms with van der Waals surface area (Å²) in [5.41, 5.74) is 6.34. The van der Waals surface area contributed by atoms with Crippen molar-refractivity contribution in [3.63, 3.8) is 0 Å². The van der Waals surface area contributed by atoms with Crippen LogP contribution in [-0.2, 0) is 11.2 Å². The summed E-state index contributed by atoms with van der Waals surface area (Å²) >= 11 is 0. The molecule has 0 bridgehead atoms. The minimum Gasteiger partial charge on any atom is -0.377 e. The van der Waals surface area contributed by atoms with Crippen LogP contribution < -0.4 is 5.73 Å². The van der Waals surface area contributed by atoms with E-state index in [0.29, 0.717) is 12.0 Å². The van der Waals surface area contributed by atoms with Crippen LogP contribution in [0.25, 0.3) is 0 Å². The second-order valence-corrected chi connectivity index (χ2v) is 5.38. The highest BCUT2D eigenvalue weighted by Crippen LogP contribution is 2.34. The summed E-state index contributed by atoms with van der Waals surface area (Å²) in [5, 5.41) is 0. The molecule has 1 fully saturated rings. The molecule has 0 amide bonds. The molecular formula is C15H21F2NO. The third kappa shape index (κ3) is 3.12. The molecule has 19 heavy (non-hydrogen) atoms. The maximum Gasteiger partial charge on any atom is 0.129 e. The molecule has 1 aromatic carbocycles. The largest absolute Gasteiger partial charge is 0.377 e. The van der Waals surface area contributed by atoms with Crippen LogP contribution in [0.15, 0.2) is 18.2 Å². The Hall–Kier alpha value is -1.00. The van der Waals surface area contributed by atoms with E-state index < -0.39 is 11.6 Å². The van der Waals surface area contributed by atoms with Crippen molar-refractivity contribution < 1.29 is 13.5 Å². The summed E-state index contributed by atoms with van der Waals surface area (Å²) in [4.78, 5) is 0. The van der Waals surface area contributed by atoms with Crippen LogP contribution in [-0.4, -0.2) is 18.8 Å². The Balaban J connectivity index is 2.12. The lowest BCUT2D eigenvalue weighted by atomic mass is 9.77. The fourth-order valence-corrected chi connectivity index (χ4v) is 2.99. The molecule has 0 heterocycles. The van der Waals surface area contributed by atoms with Crippen molar-refractivity contribution in [2.75, 3.05) is 7.11 Å². The lowest BCUT2D eigenvalue weighted by molar-refractivity contribution is -0.0584. The highest BCUT2D eigenvalue weighted by Gasteiger charge is 2.38. The fourth-order valence-electron chi connectivity index (χ4n) is 2.99. The van der Waals surface area contributed by atoms with Crippen molar-refractivity contribution in [1.82, 2.24) is 0 Å². The van der Waals surface area contributed by atoms with E-state index in [1.807, 2.05) is 0 Å². The van der Waals surface area contributed by atoms with Crippen LogP contribution >= 0.6 is 0 Å². The molecule has 1 atom stereocenters. The summed E-state index contributed by atoms with van der Waals surface area (Å²) in [6.07, 6.45) is 5.57. The maximum absolute atomic E-state index is 13.7. The summed E-state index contributed by atoms with van der Waals surface area (Å²) < 4.78 is 32.2. The first kappa shape index (κ1) is 14.4. The number of nitrogens with two attached hydrogens (primary N) is 1. The standard InChI is InChI=1S/C15H21F2NO/c1-19-15(7-3-2-4-8-15)14(18)9-11-5-6-12(16)10-13(11)17/h5-6,10,14H,2-4,7-9,18H2,1H3. The average Bonchev–Trinajstić information content (AvgIpc) is 2.42. The molecule has 0 aromatic heterocycles. The Kier molecular flexibility index (Phi) is 4.53. The molecule has 1 aliphatic rings. The lowest BCUT2D eigenvalue weighted by Gasteiger charge is -2.41. The molecule has 1 saturated carbocycles. The maximum atomic E-state index is 13.7. The molecule has 1 unspecified atom stereocenters. The van der Waals surface area contributed by atoms with Crippen LogP contribution in [0.3, 0.4) is 0 Å². The smallest absolute Gasteiger partial charge is 0.129 e. The van der Waals surface area contributed by atoms with Gasteiger partial charge in [-0.1, -0.05) is 25.3 Å². The SMILES string of the molecule is COC1(C(N)Cc2ccc(F)cc2F)CCCCC1. The van der Waals surface area contributed by atoms with Crippen LogP contribution in [0, 0.1) is 11.6 Å². The quantitative estimate of drug-likeness (QED) is 0.911. The summed E-state index contributed by atoms with van der Waals surface area (Å²) in [6.45, 7) is 0. The normalized spacial score (nSPS) is 20.2. The van der Waals surface area contributed by atoms with Gasteiger partial charge in [0.2, 0.25) is 0 Å². The Labute approximate surface area is 112 Å². The van der Waals surface area contributed by atoms with Gasteiger partial charge in [0.15, 0.2) is 0 Å². The third-order valence-electron chi connectivity index (χ3n) is 4.24. The van der Waals surface area contributed by atoms with Gasteiger partial charge in [-0.25, -0.2) is 8.78 Å². The van der Waals surface area contributed by atoms with Crippen molar-refractivity contribution in [3.8, 4) is 0 Å². The van der Waals surface area contributed by atoms with E-state index >= 15 is 0 Å². The molecule has 2 rings (SSSR count). The molecule has 2 N–H and O–H groups in total. The molecule has 0 saturated heterocycles. The second-order valence-electron chi connectivity index (χ2n) is 5.38. The van der Waals surface area contributed by atoms with E-state index in [0.717, 1.165) is 31.7 Å². The fraction of sp³-hybridized carbons (Fsp3) is 0.600. The average molecular weight is 269 g/mol. The zero-order valence-electron chi connectivity index (χ0n) is 11.3. The molecule has 1 aliphatic carbocycles. The summed E-state index contributed by atoms with van der Waals surface area (Å²) in [7, 11) is 1.67. The van der Waals surface area contributed by atoms with E-state index in [2.05, 4.69) is 0 Å². The van der Waals surface area contributed by atoms with Crippen LogP contribution in [0.2, 0.25) is 0 Å². The summed E-state index contributed by atoms with van der Waals surface area (Å²) in [6, 6.07) is 3.38. The van der Waals surface area contributed by atoms with E-state index in [1.54, 1.807) is 7.11 Å². The predicted molar refractivity (Wildman–Crippen MR) is 70.9 cm³/mol. The second kappa shape index (κ2) is 5.97. The lowest BCUT2D eigenvalue weighted by Crippen LogP contribution is -2.52. The molecule has 2 nitrogen and oxygen atoms in total. The number of rotatable bonds is 4. The molecule has 4 heteroatoms. The van der Waals surface area contributed by atoms with Crippen molar-refractivity contribution >= 4 is 0 Å². The molecular weight excluding hydrogens is 248 g/mol. The van der Waals surface area contributed by atoms with Crippen LogP contribution in [0.1, 0.15) is 37.7 Å². The van der Waals surface area contributed by atoms with E-state index in [-0.39, 0.29) is 11.6 Å². The Morgan fingerprint density at radius 3 is 2.53 bits per heavy atom. The summed E-state index contributed by atoms with van der Waals surface area (Å²) in [5.74, 6) is -1.09. The Morgan fingerprint density at radius 1 is 1.26 bits per heavy atom. The van der Waals surface area contributed by atoms with Crippen molar-refractivity contribution in [1.29, 1.82) is 0 Å². The van der Waals surface area contributed by atoms with Crippen molar-refractivity contribution in [2.24, 2.45) is 5.73 Å². The van der Waals surface area contributed by atoms with Gasteiger partial charge >= 0.3 is 0 Å². The number of ether oxygens (including phenoxy) is 1. The monoisotopic (exact) mass is 269 g/mol. The first-order chi connectivity index (χ1) is 9.07. The van der Waals surface area contributed by atoms with Gasteiger partial charge < -0.3 is 10.5 Å². The molecule has 1 aromatic rings. The van der Waals surface area contributed by atoms with E-state index in [1.165, 1.54) is 18.6 Å². The van der Waals surface area contributed by atoms with Gasteiger partial charge in [-0.15, -0.1) is 0 Å². The van der Waals surface area contributed by atoms with E-state index in [4.69, 9.17) is 10.5 Å². The zero-order chi connectivity index (χ0) is 13.9. The Bertz CT molecular complexity index is 430. The third-order valence-corrected chi connectivity index (χ3v) is 4.24. The Morgan fingerprint density at radius 2 is 1.95 bits per heavy atom. The first-order valence-electron chi connectivity index (χ1n) is 6.82. The number of methoxy groups -OCH3 is 1. The number of hydrogen-bond acceptors (Lipinski definition) is 2. The topological polar surface area (TPSA) is 35.2 Å². The van der Waals surface area contributed by atoms with E-state index in [9.17, 15) is 8.78 Å². The van der Waals surface area contributed by atoms with Gasteiger partial charge in [0, 0.05) is 19.2 Å². The van der Waals surface area contributed by atoms with Crippen molar-refractivity contribution in [2.45, 2.75) is 50.2 Å². The van der Waals surface area contributed by atoms with Gasteiger partial charge in [-0.05, 0) is 30.9 Å². The number of hydrogen-bond donors (Lipinski definition) is 1. The molecule has 0 radical (unpaired) electrons. The number of halogens is 2. The zero-order valence-corrected chi connectivity index (χ0v) is 11.3. The van der Waals surface area contributed by atoms with Gasteiger partial charge in [0.25, 0.3) is 0 Å². The van der Waals surface area contributed by atoms with Gasteiger partial charge in [-0.3, -0.25) is 0 Å². The van der Waals surface area contributed by atoms with Crippen LogP contribution in [0.5, 0.6) is 0 Å². The first-order valence-corrected chi connectivity index (χ1v) is 6.82. The highest BCUT2D eigenvalue weighted by molar-refractivity contribution is 5.20. The van der Waals surface area contributed by atoms with Gasteiger partial charge in [0.1, 0.15) is 11.6 Å². The highest BCUT2D eigenvalue weighted by atomic mass is 19.1. The molecule has 106 valence electrons. The minimum absolute atomic E-state index is 0.266. The van der Waals surface area contributed by atoms with Gasteiger partial charge in [0.05, 0.1) is 5.60 Å². The number of benzene rings is 1. The van der Waals surface area contributed by atoms with Gasteiger partial charge in [-0.2, -0.15) is 0 Å². The minimum atomic E-state index is -0.561. The predicted octanol–water partition coefficient (Wildman–Crippen LogP) is 3.18. The molecule has 0 spiro atoms. The molecule has 0 aliphatic heterocycles. The van der Waals surface area contributed by atoms with Crippen LogP contribution in [0.4, 0.5) is 8.78 Å². The van der Waals surface area contributed by atoms with Crippen molar-refractivity contribution in [3.05, 3.63) is 35.4 Å².